The first-order valence-electron chi connectivity index (χ1n) is 6.19. The maximum atomic E-state index is 13.2. The lowest BCUT2D eigenvalue weighted by molar-refractivity contribution is 0.255. The van der Waals surface area contributed by atoms with E-state index in [2.05, 4.69) is 25.7 Å². The Morgan fingerprint density at radius 1 is 1.44 bits per heavy atom. The summed E-state index contributed by atoms with van der Waals surface area (Å²) in [5, 5.41) is 8.67. The van der Waals surface area contributed by atoms with E-state index >= 15 is 0 Å². The van der Waals surface area contributed by atoms with Crippen molar-refractivity contribution in [1.82, 2.24) is 0 Å². The number of halogens is 1. The van der Waals surface area contributed by atoms with Crippen molar-refractivity contribution in [3.05, 3.63) is 29.6 Å². The van der Waals surface area contributed by atoms with E-state index in [9.17, 15) is 4.39 Å². The number of aliphatic hydroxyl groups is 1. The van der Waals surface area contributed by atoms with Gasteiger partial charge in [-0.3, -0.25) is 0 Å². The minimum Gasteiger partial charge on any atom is -0.492 e. The van der Waals surface area contributed by atoms with Gasteiger partial charge in [-0.1, -0.05) is 32.1 Å². The van der Waals surface area contributed by atoms with Gasteiger partial charge in [-0.15, -0.1) is 0 Å². The van der Waals surface area contributed by atoms with Crippen LogP contribution in [0.4, 0.5) is 4.39 Å². The summed E-state index contributed by atoms with van der Waals surface area (Å²) in [7, 11) is 0. The standard InChI is InChI=1S/C15H19FO2/c1-3-12(2)11-18-15-10-14(16)8-7-13(15)6-4-5-9-17/h7-8,10,12,17H,3,5,9,11H2,1-2H3. The van der Waals surface area contributed by atoms with Crippen molar-refractivity contribution >= 4 is 0 Å². The molecular formula is C15H19FO2. The Hall–Kier alpha value is -1.53. The average molecular weight is 250 g/mol. The molecule has 0 spiro atoms. The molecule has 0 bridgehead atoms. The molecule has 0 fully saturated rings. The van der Waals surface area contributed by atoms with E-state index in [0.29, 0.717) is 30.3 Å². The Balaban J connectivity index is 2.80. The zero-order valence-corrected chi connectivity index (χ0v) is 10.9. The first-order chi connectivity index (χ1) is 8.67. The van der Waals surface area contributed by atoms with Gasteiger partial charge in [0.25, 0.3) is 0 Å². The molecule has 0 radical (unpaired) electrons. The van der Waals surface area contributed by atoms with Gasteiger partial charge in [0.05, 0.1) is 18.8 Å². The Labute approximate surface area is 108 Å². The average Bonchev–Trinajstić information content (AvgIpc) is 2.38. The Morgan fingerprint density at radius 3 is 2.89 bits per heavy atom. The lowest BCUT2D eigenvalue weighted by Gasteiger charge is -2.12. The SMILES string of the molecule is CCC(C)COc1cc(F)ccc1C#CCCO. The maximum Gasteiger partial charge on any atom is 0.137 e. The third-order valence-electron chi connectivity index (χ3n) is 2.62. The maximum absolute atomic E-state index is 13.2. The summed E-state index contributed by atoms with van der Waals surface area (Å²) in [5.41, 5.74) is 0.660. The molecule has 2 nitrogen and oxygen atoms in total. The van der Waals surface area contributed by atoms with Crippen molar-refractivity contribution in [3.8, 4) is 17.6 Å². The Morgan fingerprint density at radius 2 is 2.22 bits per heavy atom. The van der Waals surface area contributed by atoms with E-state index in [1.54, 1.807) is 6.07 Å². The van der Waals surface area contributed by atoms with Crippen LogP contribution in [0.2, 0.25) is 0 Å². The van der Waals surface area contributed by atoms with Gasteiger partial charge in [0.15, 0.2) is 0 Å². The molecule has 98 valence electrons. The Bertz CT molecular complexity index is 432. The number of hydrogen-bond acceptors (Lipinski definition) is 2. The zero-order valence-electron chi connectivity index (χ0n) is 10.9. The molecule has 18 heavy (non-hydrogen) atoms. The molecule has 0 heterocycles. The fraction of sp³-hybridized carbons (Fsp3) is 0.467. The minimum absolute atomic E-state index is 0.0251. The van der Waals surface area contributed by atoms with Crippen LogP contribution >= 0.6 is 0 Å². The summed E-state index contributed by atoms with van der Waals surface area (Å²) in [6.07, 6.45) is 1.42. The van der Waals surface area contributed by atoms with E-state index in [0.717, 1.165) is 6.42 Å². The van der Waals surface area contributed by atoms with Crippen LogP contribution in [0.1, 0.15) is 32.3 Å². The lowest BCUT2D eigenvalue weighted by atomic mass is 10.1. The normalized spacial score (nSPS) is 11.6. The van der Waals surface area contributed by atoms with Gasteiger partial charge in [-0.25, -0.2) is 4.39 Å². The van der Waals surface area contributed by atoms with E-state index in [1.807, 2.05) is 0 Å². The van der Waals surface area contributed by atoms with E-state index in [1.165, 1.54) is 12.1 Å². The molecule has 0 saturated carbocycles. The molecule has 0 aromatic heterocycles. The number of rotatable bonds is 5. The molecule has 1 aromatic rings. The van der Waals surface area contributed by atoms with Gasteiger partial charge in [0.1, 0.15) is 11.6 Å². The molecule has 1 N–H and O–H groups in total. The summed E-state index contributed by atoms with van der Waals surface area (Å²) >= 11 is 0. The van der Waals surface area contributed by atoms with Crippen molar-refractivity contribution in [2.45, 2.75) is 26.7 Å². The summed E-state index contributed by atoms with van der Waals surface area (Å²) in [4.78, 5) is 0. The number of ether oxygens (including phenoxy) is 1. The van der Waals surface area contributed by atoms with Crippen molar-refractivity contribution < 1.29 is 14.2 Å². The quantitative estimate of drug-likeness (QED) is 0.814. The predicted molar refractivity (Wildman–Crippen MR) is 69.9 cm³/mol. The molecule has 1 rings (SSSR count). The summed E-state index contributed by atoms with van der Waals surface area (Å²) < 4.78 is 18.8. The van der Waals surface area contributed by atoms with Crippen molar-refractivity contribution in [1.29, 1.82) is 0 Å². The largest absolute Gasteiger partial charge is 0.492 e. The van der Waals surface area contributed by atoms with Crippen LogP contribution in [0.5, 0.6) is 5.75 Å². The fourth-order valence-electron chi connectivity index (χ4n) is 1.28. The number of aliphatic hydroxyl groups excluding tert-OH is 1. The topological polar surface area (TPSA) is 29.5 Å². The number of benzene rings is 1. The monoisotopic (exact) mass is 250 g/mol. The van der Waals surface area contributed by atoms with Gasteiger partial charge in [0, 0.05) is 12.5 Å². The van der Waals surface area contributed by atoms with E-state index in [4.69, 9.17) is 9.84 Å². The highest BCUT2D eigenvalue weighted by atomic mass is 19.1. The van der Waals surface area contributed by atoms with Crippen LogP contribution < -0.4 is 4.74 Å². The molecule has 0 aliphatic rings. The molecule has 0 aliphatic carbocycles. The van der Waals surface area contributed by atoms with Crippen LogP contribution in [0, 0.1) is 23.6 Å². The third kappa shape index (κ3) is 4.77. The predicted octanol–water partition coefficient (Wildman–Crippen LogP) is 2.98. The van der Waals surface area contributed by atoms with Gasteiger partial charge < -0.3 is 9.84 Å². The molecule has 0 aliphatic heterocycles. The molecular weight excluding hydrogens is 231 g/mol. The third-order valence-corrected chi connectivity index (χ3v) is 2.62. The Kier molecular flexibility index (Phi) is 6.24. The van der Waals surface area contributed by atoms with Crippen LogP contribution in [0.15, 0.2) is 18.2 Å². The number of hydrogen-bond donors (Lipinski definition) is 1. The second-order valence-electron chi connectivity index (χ2n) is 4.24. The summed E-state index contributed by atoms with van der Waals surface area (Å²) in [5.74, 6) is 6.26. The summed E-state index contributed by atoms with van der Waals surface area (Å²) in [6, 6.07) is 4.32. The van der Waals surface area contributed by atoms with Gasteiger partial charge in [-0.2, -0.15) is 0 Å². The van der Waals surface area contributed by atoms with Crippen LogP contribution in [-0.4, -0.2) is 18.3 Å². The summed E-state index contributed by atoms with van der Waals surface area (Å²) in [6.45, 7) is 4.74. The molecule has 1 atom stereocenters. The highest BCUT2D eigenvalue weighted by Crippen LogP contribution is 2.20. The highest BCUT2D eigenvalue weighted by molar-refractivity contribution is 5.46. The van der Waals surface area contributed by atoms with E-state index in [-0.39, 0.29) is 12.4 Å². The molecule has 0 saturated heterocycles. The minimum atomic E-state index is -0.332. The van der Waals surface area contributed by atoms with Crippen LogP contribution in [-0.2, 0) is 0 Å². The first-order valence-corrected chi connectivity index (χ1v) is 6.19. The van der Waals surface area contributed by atoms with Gasteiger partial charge >= 0.3 is 0 Å². The van der Waals surface area contributed by atoms with Gasteiger partial charge in [0.2, 0.25) is 0 Å². The van der Waals surface area contributed by atoms with Crippen molar-refractivity contribution in [2.24, 2.45) is 5.92 Å². The second-order valence-corrected chi connectivity index (χ2v) is 4.24. The fourth-order valence-corrected chi connectivity index (χ4v) is 1.28. The van der Waals surface area contributed by atoms with Gasteiger partial charge in [-0.05, 0) is 18.1 Å². The molecule has 1 aromatic carbocycles. The molecule has 0 amide bonds. The smallest absolute Gasteiger partial charge is 0.137 e. The van der Waals surface area contributed by atoms with Crippen LogP contribution in [0.25, 0.3) is 0 Å². The molecule has 1 unspecified atom stereocenters. The van der Waals surface area contributed by atoms with Crippen LogP contribution in [0.3, 0.4) is 0 Å². The van der Waals surface area contributed by atoms with Crippen molar-refractivity contribution in [2.75, 3.05) is 13.2 Å². The van der Waals surface area contributed by atoms with E-state index < -0.39 is 0 Å². The van der Waals surface area contributed by atoms with Crippen molar-refractivity contribution in [3.63, 3.8) is 0 Å². The second kappa shape index (κ2) is 7.73. The first kappa shape index (κ1) is 14.5. The zero-order chi connectivity index (χ0) is 13.4. The highest BCUT2D eigenvalue weighted by Gasteiger charge is 2.06. The molecule has 3 heteroatoms. The lowest BCUT2D eigenvalue weighted by Crippen LogP contribution is -2.08.